The Bertz CT molecular complexity index is 1070. The predicted molar refractivity (Wildman–Crippen MR) is 111 cm³/mol. The van der Waals surface area contributed by atoms with E-state index < -0.39 is 5.91 Å². The third-order valence-electron chi connectivity index (χ3n) is 4.39. The molecule has 0 saturated carbocycles. The molecule has 3 aromatic rings. The number of thiazole rings is 2. The Kier molecular flexibility index (Phi) is 5.91. The van der Waals surface area contributed by atoms with Crippen LogP contribution in [0.3, 0.4) is 0 Å². The number of nitrogens with one attached hydrogen (secondary N) is 2. The van der Waals surface area contributed by atoms with E-state index in [1.807, 2.05) is 0 Å². The SMILES string of the molecule is CCOC(=O)C1CCc2sc(NC(=O)Cc3csc(NC(=O)c4ccco4)n3)nc21. The number of anilines is 2. The van der Waals surface area contributed by atoms with E-state index in [0.29, 0.717) is 34.7 Å². The Labute approximate surface area is 179 Å². The molecule has 0 fully saturated rings. The Morgan fingerprint density at radius 2 is 2.13 bits per heavy atom. The Balaban J connectivity index is 1.34. The molecular formula is C19H18N4O5S2. The third-order valence-corrected chi connectivity index (χ3v) is 6.25. The summed E-state index contributed by atoms with van der Waals surface area (Å²) >= 11 is 2.60. The topological polar surface area (TPSA) is 123 Å². The van der Waals surface area contributed by atoms with Crippen LogP contribution in [-0.4, -0.2) is 34.4 Å². The van der Waals surface area contributed by atoms with Gasteiger partial charge in [0.1, 0.15) is 5.92 Å². The number of amides is 2. The van der Waals surface area contributed by atoms with E-state index >= 15 is 0 Å². The molecule has 0 radical (unpaired) electrons. The number of hydrogen-bond donors (Lipinski definition) is 2. The van der Waals surface area contributed by atoms with Crippen molar-refractivity contribution in [2.45, 2.75) is 32.1 Å². The van der Waals surface area contributed by atoms with Crippen molar-refractivity contribution >= 4 is 50.7 Å². The second kappa shape index (κ2) is 8.76. The second-order valence-corrected chi connectivity index (χ2v) is 8.41. The summed E-state index contributed by atoms with van der Waals surface area (Å²) in [4.78, 5) is 46.1. The quantitative estimate of drug-likeness (QED) is 0.534. The van der Waals surface area contributed by atoms with Gasteiger partial charge in [0.25, 0.3) is 5.91 Å². The average molecular weight is 447 g/mol. The van der Waals surface area contributed by atoms with Gasteiger partial charge in [-0.25, -0.2) is 9.97 Å². The molecule has 3 aromatic heterocycles. The number of furan rings is 1. The van der Waals surface area contributed by atoms with Crippen LogP contribution >= 0.6 is 22.7 Å². The lowest BCUT2D eigenvalue weighted by Crippen LogP contribution is -2.16. The number of hydrogen-bond acceptors (Lipinski definition) is 9. The van der Waals surface area contributed by atoms with E-state index in [-0.39, 0.29) is 30.0 Å². The number of esters is 1. The molecule has 3 heterocycles. The fourth-order valence-corrected chi connectivity index (χ4v) is 4.85. The molecule has 11 heteroatoms. The van der Waals surface area contributed by atoms with Crippen LogP contribution in [0.2, 0.25) is 0 Å². The molecule has 1 atom stereocenters. The van der Waals surface area contributed by atoms with Crippen LogP contribution in [0.25, 0.3) is 0 Å². The van der Waals surface area contributed by atoms with Crippen molar-refractivity contribution in [3.63, 3.8) is 0 Å². The Morgan fingerprint density at radius 1 is 1.27 bits per heavy atom. The molecule has 1 aliphatic rings. The van der Waals surface area contributed by atoms with Crippen molar-refractivity contribution in [2.24, 2.45) is 0 Å². The normalized spacial score (nSPS) is 14.9. The maximum absolute atomic E-state index is 12.4. The summed E-state index contributed by atoms with van der Waals surface area (Å²) < 4.78 is 10.1. The average Bonchev–Trinajstić information content (AvgIpc) is 3.46. The molecule has 0 saturated heterocycles. The number of ether oxygens (including phenoxy) is 1. The van der Waals surface area contributed by atoms with E-state index in [0.717, 1.165) is 11.3 Å². The van der Waals surface area contributed by atoms with Crippen molar-refractivity contribution in [1.82, 2.24) is 9.97 Å². The van der Waals surface area contributed by atoms with Gasteiger partial charge in [-0.3, -0.25) is 19.7 Å². The fraction of sp³-hybridized carbons (Fsp3) is 0.316. The summed E-state index contributed by atoms with van der Waals surface area (Å²) in [5.74, 6) is -1.13. The van der Waals surface area contributed by atoms with Gasteiger partial charge in [0.15, 0.2) is 16.0 Å². The summed E-state index contributed by atoms with van der Waals surface area (Å²) in [6.07, 6.45) is 2.89. The van der Waals surface area contributed by atoms with Crippen molar-refractivity contribution in [2.75, 3.05) is 17.2 Å². The molecule has 1 aliphatic carbocycles. The monoisotopic (exact) mass is 446 g/mol. The largest absolute Gasteiger partial charge is 0.465 e. The zero-order chi connectivity index (χ0) is 21.1. The van der Waals surface area contributed by atoms with Crippen LogP contribution in [-0.2, 0) is 27.2 Å². The fourth-order valence-electron chi connectivity index (χ4n) is 3.09. The minimum atomic E-state index is -0.404. The summed E-state index contributed by atoms with van der Waals surface area (Å²) in [5, 5.41) is 7.93. The predicted octanol–water partition coefficient (Wildman–Crippen LogP) is 3.22. The van der Waals surface area contributed by atoms with Crippen LogP contribution in [0.4, 0.5) is 10.3 Å². The van der Waals surface area contributed by atoms with Crippen molar-refractivity contribution in [1.29, 1.82) is 0 Å². The Morgan fingerprint density at radius 3 is 2.90 bits per heavy atom. The van der Waals surface area contributed by atoms with E-state index in [1.54, 1.807) is 24.4 Å². The number of aryl methyl sites for hydroxylation is 1. The van der Waals surface area contributed by atoms with Gasteiger partial charge >= 0.3 is 5.97 Å². The number of fused-ring (bicyclic) bond motifs is 1. The number of carbonyl (C=O) groups is 3. The molecule has 9 nitrogen and oxygen atoms in total. The number of nitrogens with zero attached hydrogens (tertiary/aromatic N) is 2. The van der Waals surface area contributed by atoms with E-state index in [2.05, 4.69) is 20.6 Å². The summed E-state index contributed by atoms with van der Waals surface area (Å²) in [6.45, 7) is 2.10. The van der Waals surface area contributed by atoms with E-state index in [9.17, 15) is 14.4 Å². The molecule has 2 N–H and O–H groups in total. The Hall–Kier alpha value is -3.05. The highest BCUT2D eigenvalue weighted by molar-refractivity contribution is 7.16. The lowest BCUT2D eigenvalue weighted by Gasteiger charge is -2.07. The maximum Gasteiger partial charge on any atom is 0.315 e. The standard InChI is InChI=1S/C19H18N4O5S2/c1-2-27-17(26)11-5-6-13-15(11)22-19(30-13)21-14(24)8-10-9-29-18(20-10)23-16(25)12-4-3-7-28-12/h3-4,7,9,11H,2,5-6,8H2,1H3,(H,20,23,25)(H,21,22,24). The summed E-state index contributed by atoms with van der Waals surface area (Å²) in [6, 6.07) is 3.17. The van der Waals surface area contributed by atoms with Crippen LogP contribution < -0.4 is 10.6 Å². The molecular weight excluding hydrogens is 428 g/mol. The first-order valence-electron chi connectivity index (χ1n) is 9.28. The maximum atomic E-state index is 12.4. The first-order chi connectivity index (χ1) is 14.5. The lowest BCUT2D eigenvalue weighted by molar-refractivity contribution is -0.145. The molecule has 0 aromatic carbocycles. The molecule has 4 rings (SSSR count). The minimum absolute atomic E-state index is 0.0404. The molecule has 0 aliphatic heterocycles. The van der Waals surface area contributed by atoms with Gasteiger partial charge in [0.05, 0.1) is 30.7 Å². The number of rotatable bonds is 7. The summed E-state index contributed by atoms with van der Waals surface area (Å²) in [7, 11) is 0. The van der Waals surface area contributed by atoms with Crippen LogP contribution in [0.15, 0.2) is 28.2 Å². The first kappa shape index (κ1) is 20.2. The van der Waals surface area contributed by atoms with Crippen LogP contribution in [0, 0.1) is 0 Å². The molecule has 156 valence electrons. The lowest BCUT2D eigenvalue weighted by atomic mass is 10.1. The van der Waals surface area contributed by atoms with Gasteiger partial charge in [0, 0.05) is 10.3 Å². The highest BCUT2D eigenvalue weighted by atomic mass is 32.1. The molecule has 30 heavy (non-hydrogen) atoms. The third kappa shape index (κ3) is 4.41. The molecule has 0 spiro atoms. The van der Waals surface area contributed by atoms with Crippen molar-refractivity contribution in [3.8, 4) is 0 Å². The van der Waals surface area contributed by atoms with Gasteiger partial charge < -0.3 is 14.5 Å². The molecule has 2 amide bonds. The van der Waals surface area contributed by atoms with Gasteiger partial charge in [-0.15, -0.1) is 22.7 Å². The van der Waals surface area contributed by atoms with Crippen LogP contribution in [0.5, 0.6) is 0 Å². The van der Waals surface area contributed by atoms with Gasteiger partial charge in [-0.2, -0.15) is 0 Å². The van der Waals surface area contributed by atoms with Gasteiger partial charge in [-0.05, 0) is 31.9 Å². The van der Waals surface area contributed by atoms with E-state index in [1.165, 1.54) is 28.9 Å². The smallest absolute Gasteiger partial charge is 0.315 e. The highest BCUT2D eigenvalue weighted by Crippen LogP contribution is 2.39. The number of aromatic nitrogens is 2. The van der Waals surface area contributed by atoms with Crippen LogP contribution in [0.1, 0.15) is 46.1 Å². The number of carbonyl (C=O) groups excluding carboxylic acids is 3. The zero-order valence-corrected chi connectivity index (χ0v) is 17.6. The zero-order valence-electron chi connectivity index (χ0n) is 16.0. The highest BCUT2D eigenvalue weighted by Gasteiger charge is 2.33. The first-order valence-corrected chi connectivity index (χ1v) is 11.0. The van der Waals surface area contributed by atoms with Crippen molar-refractivity contribution < 1.29 is 23.5 Å². The van der Waals surface area contributed by atoms with E-state index in [4.69, 9.17) is 9.15 Å². The second-order valence-electron chi connectivity index (χ2n) is 6.47. The van der Waals surface area contributed by atoms with Crippen molar-refractivity contribution in [3.05, 3.63) is 45.8 Å². The minimum Gasteiger partial charge on any atom is -0.465 e. The summed E-state index contributed by atoms with van der Waals surface area (Å²) in [5.41, 5.74) is 1.23. The van der Waals surface area contributed by atoms with Gasteiger partial charge in [0.2, 0.25) is 5.91 Å². The van der Waals surface area contributed by atoms with Gasteiger partial charge in [-0.1, -0.05) is 0 Å². The molecule has 0 bridgehead atoms. The molecule has 1 unspecified atom stereocenters.